The summed E-state index contributed by atoms with van der Waals surface area (Å²) in [5, 5.41) is 9.53. The van der Waals surface area contributed by atoms with Crippen molar-refractivity contribution in [3.8, 4) is 0 Å². The highest BCUT2D eigenvalue weighted by atomic mass is 16.3. The van der Waals surface area contributed by atoms with Gasteiger partial charge in [0.25, 0.3) is 0 Å². The van der Waals surface area contributed by atoms with Crippen molar-refractivity contribution in [1.29, 1.82) is 0 Å². The first-order valence-electron chi connectivity index (χ1n) is 7.40. The van der Waals surface area contributed by atoms with E-state index < -0.39 is 0 Å². The lowest BCUT2D eigenvalue weighted by molar-refractivity contribution is 0.281. The van der Waals surface area contributed by atoms with Gasteiger partial charge in [0.05, 0.1) is 6.61 Å². The smallest absolute Gasteiger partial charge is 0.133 e. The van der Waals surface area contributed by atoms with Gasteiger partial charge in [-0.1, -0.05) is 39.0 Å². The van der Waals surface area contributed by atoms with Gasteiger partial charge in [-0.25, -0.2) is 4.98 Å². The van der Waals surface area contributed by atoms with Crippen LogP contribution in [0.2, 0.25) is 0 Å². The van der Waals surface area contributed by atoms with Gasteiger partial charge in [-0.05, 0) is 36.8 Å². The second-order valence-electron chi connectivity index (χ2n) is 6.21. The summed E-state index contributed by atoms with van der Waals surface area (Å²) in [6, 6.07) is 14.2. The zero-order chi connectivity index (χ0) is 15.5. The topological polar surface area (TPSA) is 36.4 Å². The summed E-state index contributed by atoms with van der Waals surface area (Å²) < 4.78 is 0. The average molecular weight is 284 g/mol. The average Bonchev–Trinajstić information content (AvgIpc) is 2.48. The number of pyridine rings is 1. The maximum Gasteiger partial charge on any atom is 0.133 e. The molecule has 0 spiro atoms. The minimum absolute atomic E-state index is 0.0327. The lowest BCUT2D eigenvalue weighted by Crippen LogP contribution is -2.21. The molecule has 21 heavy (non-hydrogen) atoms. The molecule has 0 saturated heterocycles. The molecule has 0 amide bonds. The monoisotopic (exact) mass is 284 g/mol. The van der Waals surface area contributed by atoms with Crippen molar-refractivity contribution in [3.63, 3.8) is 0 Å². The van der Waals surface area contributed by atoms with Crippen molar-refractivity contribution >= 4 is 11.5 Å². The first kappa shape index (κ1) is 15.5. The molecule has 112 valence electrons. The molecule has 2 aromatic rings. The van der Waals surface area contributed by atoms with Crippen molar-refractivity contribution in [2.24, 2.45) is 0 Å². The molecule has 0 aliphatic heterocycles. The van der Waals surface area contributed by atoms with Crippen LogP contribution in [0.1, 0.15) is 39.0 Å². The van der Waals surface area contributed by atoms with Gasteiger partial charge in [-0.3, -0.25) is 0 Å². The zero-order valence-electron chi connectivity index (χ0n) is 13.3. The second kappa shape index (κ2) is 6.27. The van der Waals surface area contributed by atoms with Crippen LogP contribution in [0, 0.1) is 0 Å². The van der Waals surface area contributed by atoms with Gasteiger partial charge in [0.2, 0.25) is 0 Å². The summed E-state index contributed by atoms with van der Waals surface area (Å²) in [5.74, 6) is 0.889. The first-order valence-corrected chi connectivity index (χ1v) is 7.40. The van der Waals surface area contributed by atoms with Crippen LogP contribution < -0.4 is 4.90 Å². The van der Waals surface area contributed by atoms with Gasteiger partial charge < -0.3 is 10.0 Å². The Morgan fingerprint density at radius 2 is 1.76 bits per heavy atom. The van der Waals surface area contributed by atoms with Crippen LogP contribution in [0.25, 0.3) is 0 Å². The number of aromatic nitrogens is 1. The van der Waals surface area contributed by atoms with Crippen molar-refractivity contribution in [2.45, 2.75) is 39.7 Å². The number of rotatable bonds is 4. The Labute approximate surface area is 127 Å². The van der Waals surface area contributed by atoms with Crippen LogP contribution >= 0.6 is 0 Å². The molecule has 3 heteroatoms. The summed E-state index contributed by atoms with van der Waals surface area (Å²) in [6.07, 6.45) is 0. The quantitative estimate of drug-likeness (QED) is 0.921. The number of anilines is 2. The maximum atomic E-state index is 9.53. The Hall–Kier alpha value is -1.87. The lowest BCUT2D eigenvalue weighted by atomic mass is 9.91. The molecule has 1 aromatic heterocycles. The molecule has 0 unspecified atom stereocenters. The number of para-hydroxylation sites is 1. The molecule has 0 radical (unpaired) electrons. The molecule has 1 N–H and O–H groups in total. The molecule has 0 atom stereocenters. The first-order chi connectivity index (χ1) is 9.95. The number of hydrogen-bond donors (Lipinski definition) is 1. The summed E-state index contributed by atoms with van der Waals surface area (Å²) in [4.78, 5) is 6.98. The van der Waals surface area contributed by atoms with E-state index in [-0.39, 0.29) is 12.0 Å². The Morgan fingerprint density at radius 3 is 2.29 bits per heavy atom. The van der Waals surface area contributed by atoms with Gasteiger partial charge in [0, 0.05) is 23.3 Å². The Morgan fingerprint density at radius 1 is 1.10 bits per heavy atom. The highest BCUT2D eigenvalue weighted by Crippen LogP contribution is 2.28. The van der Waals surface area contributed by atoms with Gasteiger partial charge in [0.1, 0.15) is 5.82 Å². The number of benzene rings is 1. The van der Waals surface area contributed by atoms with E-state index in [4.69, 9.17) is 4.98 Å². The molecule has 3 nitrogen and oxygen atoms in total. The summed E-state index contributed by atoms with van der Waals surface area (Å²) in [5.41, 5.74) is 2.97. The van der Waals surface area contributed by atoms with Crippen molar-refractivity contribution in [2.75, 3.05) is 11.4 Å². The van der Waals surface area contributed by atoms with E-state index in [2.05, 4.69) is 44.7 Å². The van der Waals surface area contributed by atoms with Crippen molar-refractivity contribution in [1.82, 2.24) is 4.98 Å². The van der Waals surface area contributed by atoms with E-state index in [0.29, 0.717) is 0 Å². The Bertz CT molecular complexity index is 588. The largest absolute Gasteiger partial charge is 0.392 e. The summed E-state index contributed by atoms with van der Waals surface area (Å²) in [7, 11) is 0. The minimum atomic E-state index is -0.0456. The molecule has 0 aliphatic rings. The van der Waals surface area contributed by atoms with E-state index in [1.165, 1.54) is 0 Å². The fraction of sp³-hybridized carbons (Fsp3) is 0.389. The SMILES string of the molecule is CCN(c1ccccc1)c1cc(CO)cc(C(C)(C)C)n1. The van der Waals surface area contributed by atoms with Crippen molar-refractivity contribution in [3.05, 3.63) is 53.7 Å². The normalized spacial score (nSPS) is 11.5. The van der Waals surface area contributed by atoms with Crippen LogP contribution in [0.5, 0.6) is 0 Å². The Balaban J connectivity index is 2.51. The molecular formula is C18H24N2O. The van der Waals surface area contributed by atoms with E-state index in [1.54, 1.807) is 0 Å². The van der Waals surface area contributed by atoms with E-state index >= 15 is 0 Å². The van der Waals surface area contributed by atoms with E-state index in [1.807, 2.05) is 30.3 Å². The van der Waals surface area contributed by atoms with Crippen LogP contribution in [0.4, 0.5) is 11.5 Å². The highest BCUT2D eigenvalue weighted by molar-refractivity contribution is 5.60. The zero-order valence-corrected chi connectivity index (χ0v) is 13.3. The molecule has 2 rings (SSSR count). The van der Waals surface area contributed by atoms with Crippen LogP contribution in [0.15, 0.2) is 42.5 Å². The van der Waals surface area contributed by atoms with Gasteiger partial charge in [-0.2, -0.15) is 0 Å². The maximum absolute atomic E-state index is 9.53. The summed E-state index contributed by atoms with van der Waals surface area (Å²) in [6.45, 7) is 9.38. The molecule has 0 fully saturated rings. The molecule has 0 bridgehead atoms. The molecular weight excluding hydrogens is 260 g/mol. The highest BCUT2D eigenvalue weighted by Gasteiger charge is 2.19. The van der Waals surface area contributed by atoms with Crippen LogP contribution in [-0.4, -0.2) is 16.6 Å². The molecule has 1 heterocycles. The molecule has 0 saturated carbocycles. The Kier molecular flexibility index (Phi) is 4.63. The number of nitrogens with zero attached hydrogens (tertiary/aromatic N) is 2. The number of aliphatic hydroxyl groups excluding tert-OH is 1. The van der Waals surface area contributed by atoms with Gasteiger partial charge in [-0.15, -0.1) is 0 Å². The summed E-state index contributed by atoms with van der Waals surface area (Å²) >= 11 is 0. The van der Waals surface area contributed by atoms with Crippen molar-refractivity contribution < 1.29 is 5.11 Å². The number of hydrogen-bond acceptors (Lipinski definition) is 3. The third-order valence-electron chi connectivity index (χ3n) is 3.48. The minimum Gasteiger partial charge on any atom is -0.392 e. The van der Waals surface area contributed by atoms with Gasteiger partial charge in [0.15, 0.2) is 0 Å². The van der Waals surface area contributed by atoms with E-state index in [0.717, 1.165) is 29.3 Å². The van der Waals surface area contributed by atoms with Crippen LogP contribution in [0.3, 0.4) is 0 Å². The predicted octanol–water partition coefficient (Wildman–Crippen LogP) is 4.03. The van der Waals surface area contributed by atoms with E-state index in [9.17, 15) is 5.11 Å². The number of aliphatic hydroxyl groups is 1. The standard InChI is InChI=1S/C18H24N2O/c1-5-20(15-9-7-6-8-10-15)17-12-14(13-21)11-16(19-17)18(2,3)4/h6-12,21H,5,13H2,1-4H3. The second-order valence-corrected chi connectivity index (χ2v) is 6.21. The molecule has 0 aliphatic carbocycles. The predicted molar refractivity (Wildman–Crippen MR) is 88.0 cm³/mol. The molecule has 1 aromatic carbocycles. The fourth-order valence-corrected chi connectivity index (χ4v) is 2.27. The van der Waals surface area contributed by atoms with Crippen LogP contribution in [-0.2, 0) is 12.0 Å². The fourth-order valence-electron chi connectivity index (χ4n) is 2.27. The lowest BCUT2D eigenvalue weighted by Gasteiger charge is -2.26. The third-order valence-corrected chi connectivity index (χ3v) is 3.48. The van der Waals surface area contributed by atoms with Gasteiger partial charge >= 0.3 is 0 Å². The third kappa shape index (κ3) is 3.61.